The Balaban J connectivity index is 1.49. The van der Waals surface area contributed by atoms with Gasteiger partial charge >= 0.3 is 11.7 Å². The quantitative estimate of drug-likeness (QED) is 0.0778. The molecule has 0 aliphatic heterocycles. The maximum atomic E-state index is 15.1. The molecule has 0 fully saturated rings. The third-order valence-corrected chi connectivity index (χ3v) is 7.85. The van der Waals surface area contributed by atoms with Crippen molar-refractivity contribution in [3.63, 3.8) is 0 Å². The van der Waals surface area contributed by atoms with Crippen molar-refractivity contribution >= 4 is 34.6 Å². The van der Waals surface area contributed by atoms with Crippen LogP contribution in [0.1, 0.15) is 56.7 Å². The van der Waals surface area contributed by atoms with Gasteiger partial charge in [-0.05, 0) is 87.5 Å². The van der Waals surface area contributed by atoms with Gasteiger partial charge in [0.15, 0.2) is 11.8 Å². The average Bonchev–Trinajstić information content (AvgIpc) is 3.40. The number of nitrogens with zero attached hydrogens (tertiary/aromatic N) is 3. The highest BCUT2D eigenvalue weighted by Gasteiger charge is 2.17. The van der Waals surface area contributed by atoms with E-state index < -0.39 is 17.5 Å². The number of esters is 1. The fraction of sp³-hybridized carbons (Fsp3) is 0.375. The summed E-state index contributed by atoms with van der Waals surface area (Å²) in [5.41, 5.74) is 20.1. The van der Waals surface area contributed by atoms with E-state index >= 15 is 4.39 Å². The van der Waals surface area contributed by atoms with Gasteiger partial charge in [0, 0.05) is 29.2 Å². The zero-order valence-electron chi connectivity index (χ0n) is 25.6. The Bertz CT molecular complexity index is 1710. The van der Waals surface area contributed by atoms with Gasteiger partial charge in [-0.25, -0.2) is 14.2 Å². The minimum absolute atomic E-state index is 0.0298. The van der Waals surface area contributed by atoms with E-state index in [-0.39, 0.29) is 35.5 Å². The molecule has 4 rings (SSSR count). The second-order valence-electron chi connectivity index (χ2n) is 11.2. The lowest BCUT2D eigenvalue weighted by Crippen LogP contribution is -2.29. The van der Waals surface area contributed by atoms with Crippen LogP contribution in [0.2, 0.25) is 5.02 Å². The van der Waals surface area contributed by atoms with Gasteiger partial charge in [-0.3, -0.25) is 9.36 Å². The van der Waals surface area contributed by atoms with Crippen LogP contribution in [-0.4, -0.2) is 52.2 Å². The van der Waals surface area contributed by atoms with Gasteiger partial charge in [-0.2, -0.15) is 4.98 Å². The normalized spacial score (nSPS) is 13.4. The van der Waals surface area contributed by atoms with Crippen LogP contribution in [0.15, 0.2) is 58.4 Å². The van der Waals surface area contributed by atoms with Gasteiger partial charge in [0.2, 0.25) is 0 Å². The molecule has 0 unspecified atom stereocenters. The van der Waals surface area contributed by atoms with E-state index in [1.54, 1.807) is 24.4 Å². The van der Waals surface area contributed by atoms with Crippen LogP contribution >= 0.6 is 11.6 Å². The van der Waals surface area contributed by atoms with Gasteiger partial charge in [0.05, 0.1) is 36.0 Å². The summed E-state index contributed by atoms with van der Waals surface area (Å²) in [4.78, 5) is 36.1. The van der Waals surface area contributed by atoms with Crippen LogP contribution in [0, 0.1) is 5.82 Å². The van der Waals surface area contributed by atoms with Crippen LogP contribution in [0.5, 0.6) is 0 Å². The van der Waals surface area contributed by atoms with Crippen LogP contribution in [0.4, 0.5) is 4.39 Å². The molecule has 0 amide bonds. The number of nitrogens with one attached hydrogen (secondary N) is 2. The number of rotatable bonds is 14. The van der Waals surface area contributed by atoms with Gasteiger partial charge in [-0.15, -0.1) is 0 Å². The standard InChI is InChI=1S/C32H40ClFN8O3/c1-18(35)5-4-6-20-13-25(29(34)26(33)14-20)27-15-22-17-42(32(44)41-30(22)40-27)24-9-7-21(8-10-24)19(2)38-12-11-23(39-31(36)37)16-28(43)45-3/h7-10,13-15,17-19,23,38H,4-6,11-12,16,35H2,1-3H3,(H4,36,37,39)(H,40,41,44)/t18-,19-,23-/m0/s1. The molecule has 0 aliphatic carbocycles. The van der Waals surface area contributed by atoms with E-state index in [2.05, 4.69) is 20.3 Å². The number of guanidine groups is 1. The molecule has 13 heteroatoms. The van der Waals surface area contributed by atoms with Crippen molar-refractivity contribution in [3.05, 3.63) is 81.1 Å². The van der Waals surface area contributed by atoms with Crippen LogP contribution in [0.3, 0.4) is 0 Å². The minimum atomic E-state index is -0.539. The molecule has 2 aromatic heterocycles. The topological polar surface area (TPSA) is 179 Å². The summed E-state index contributed by atoms with van der Waals surface area (Å²) in [6.45, 7) is 4.51. The van der Waals surface area contributed by atoms with E-state index in [0.717, 1.165) is 30.4 Å². The predicted octanol–water partition coefficient (Wildman–Crippen LogP) is 4.09. The van der Waals surface area contributed by atoms with E-state index in [9.17, 15) is 9.59 Å². The van der Waals surface area contributed by atoms with E-state index in [0.29, 0.717) is 40.9 Å². The number of aryl methyl sites for hydroxylation is 1. The number of carbonyl (C=O) groups excluding carboxylic acids is 1. The Labute approximate surface area is 266 Å². The first-order valence-corrected chi connectivity index (χ1v) is 15.2. The van der Waals surface area contributed by atoms with Crippen molar-refractivity contribution in [2.45, 2.75) is 64.1 Å². The summed E-state index contributed by atoms with van der Waals surface area (Å²) in [7, 11) is 1.32. The molecular weight excluding hydrogens is 599 g/mol. The van der Waals surface area contributed by atoms with Gasteiger partial charge in [-0.1, -0.05) is 23.7 Å². The monoisotopic (exact) mass is 638 g/mol. The second kappa shape index (κ2) is 15.2. The Morgan fingerprint density at radius 2 is 1.91 bits per heavy atom. The fourth-order valence-electron chi connectivity index (χ4n) is 5.14. The maximum Gasteiger partial charge on any atom is 0.354 e. The molecule has 4 aromatic rings. The molecule has 0 bridgehead atoms. The highest BCUT2D eigenvalue weighted by Crippen LogP contribution is 2.31. The van der Waals surface area contributed by atoms with Crippen LogP contribution < -0.4 is 28.2 Å². The third-order valence-electron chi connectivity index (χ3n) is 7.57. The summed E-state index contributed by atoms with van der Waals surface area (Å²) in [6.07, 6.45) is 4.72. The van der Waals surface area contributed by atoms with E-state index in [1.165, 1.54) is 11.7 Å². The van der Waals surface area contributed by atoms with Gasteiger partial charge in [0.1, 0.15) is 5.65 Å². The molecule has 3 atom stereocenters. The van der Waals surface area contributed by atoms with Crippen molar-refractivity contribution in [2.24, 2.45) is 22.2 Å². The zero-order valence-corrected chi connectivity index (χ0v) is 26.4. The number of fused-ring (bicyclic) bond motifs is 1. The molecule has 240 valence electrons. The van der Waals surface area contributed by atoms with Crippen molar-refractivity contribution < 1.29 is 13.9 Å². The van der Waals surface area contributed by atoms with Crippen molar-refractivity contribution in [2.75, 3.05) is 13.7 Å². The lowest BCUT2D eigenvalue weighted by Gasteiger charge is -2.17. The number of aliphatic imine (C=N–C) groups is 1. The summed E-state index contributed by atoms with van der Waals surface area (Å²) >= 11 is 6.24. The SMILES string of the molecule is COC(=O)C[C@H](CCN[C@@H](C)c1ccc(-n2cc3cc(-c4cc(CCC[C@H](C)N)cc(Cl)c4F)[nH]c3nc2=O)cc1)N=C(N)N. The number of aromatic amines is 1. The van der Waals surface area contributed by atoms with Crippen molar-refractivity contribution in [1.29, 1.82) is 0 Å². The number of methoxy groups -OCH3 is 1. The average molecular weight is 639 g/mol. The Hall–Kier alpha value is -4.26. The maximum absolute atomic E-state index is 15.1. The Kier molecular flexibility index (Phi) is 11.3. The molecule has 45 heavy (non-hydrogen) atoms. The number of hydrogen-bond acceptors (Lipinski definition) is 7. The predicted molar refractivity (Wildman–Crippen MR) is 176 cm³/mol. The van der Waals surface area contributed by atoms with Crippen LogP contribution in [0.25, 0.3) is 28.0 Å². The number of aromatic nitrogens is 3. The highest BCUT2D eigenvalue weighted by molar-refractivity contribution is 6.31. The number of benzene rings is 2. The fourth-order valence-corrected chi connectivity index (χ4v) is 5.39. The Morgan fingerprint density at radius 1 is 1.18 bits per heavy atom. The first kappa shape index (κ1) is 33.6. The van der Waals surface area contributed by atoms with Gasteiger partial charge < -0.3 is 32.2 Å². The number of carbonyl (C=O) groups is 1. The highest BCUT2D eigenvalue weighted by atomic mass is 35.5. The van der Waals surface area contributed by atoms with Gasteiger partial charge in [0.25, 0.3) is 0 Å². The van der Waals surface area contributed by atoms with Crippen molar-refractivity contribution in [3.8, 4) is 16.9 Å². The summed E-state index contributed by atoms with van der Waals surface area (Å²) in [5.74, 6) is -1.01. The summed E-state index contributed by atoms with van der Waals surface area (Å²) in [6, 6.07) is 12.3. The molecule has 0 saturated heterocycles. The third kappa shape index (κ3) is 8.90. The lowest BCUT2D eigenvalue weighted by molar-refractivity contribution is -0.141. The molecule has 0 spiro atoms. The number of H-pyrrole nitrogens is 1. The molecule has 2 aromatic carbocycles. The number of nitrogens with two attached hydrogens (primary N) is 3. The van der Waals surface area contributed by atoms with Crippen LogP contribution in [-0.2, 0) is 16.0 Å². The molecule has 8 N–H and O–H groups in total. The number of ether oxygens (including phenoxy) is 1. The van der Waals surface area contributed by atoms with E-state index in [1.807, 2.05) is 38.1 Å². The number of hydrogen-bond donors (Lipinski definition) is 5. The minimum Gasteiger partial charge on any atom is -0.469 e. The van der Waals surface area contributed by atoms with Crippen molar-refractivity contribution in [1.82, 2.24) is 19.9 Å². The molecule has 0 saturated carbocycles. The molecule has 0 radical (unpaired) electrons. The first-order chi connectivity index (χ1) is 21.4. The number of halogens is 2. The largest absolute Gasteiger partial charge is 0.469 e. The second-order valence-corrected chi connectivity index (χ2v) is 11.6. The molecule has 2 heterocycles. The summed E-state index contributed by atoms with van der Waals surface area (Å²) in [5, 5.41) is 4.08. The smallest absolute Gasteiger partial charge is 0.354 e. The Morgan fingerprint density at radius 3 is 2.58 bits per heavy atom. The zero-order chi connectivity index (χ0) is 32.7. The molecule has 11 nitrogen and oxygen atoms in total. The molecule has 0 aliphatic rings. The lowest BCUT2D eigenvalue weighted by atomic mass is 10.0. The summed E-state index contributed by atoms with van der Waals surface area (Å²) < 4.78 is 21.3. The molecular formula is C32H40ClFN8O3. The van der Waals surface area contributed by atoms with E-state index in [4.69, 9.17) is 33.5 Å². The first-order valence-electron chi connectivity index (χ1n) is 14.8.